The molecule has 1 saturated heterocycles. The Labute approximate surface area is 94.5 Å². The summed E-state index contributed by atoms with van der Waals surface area (Å²) in [4.78, 5) is 4.59. The number of rotatable bonds is 3. The van der Waals surface area contributed by atoms with E-state index in [0.717, 1.165) is 0 Å². The topological polar surface area (TPSA) is 91.5 Å². The predicted molar refractivity (Wildman–Crippen MR) is 57.1 cm³/mol. The van der Waals surface area contributed by atoms with Gasteiger partial charge in [0, 0.05) is 6.42 Å². The Bertz CT molecular complexity index is 258. The Morgan fingerprint density at radius 2 is 1.88 bits per heavy atom. The summed E-state index contributed by atoms with van der Waals surface area (Å²) in [5, 5.41) is 32.5. The summed E-state index contributed by atoms with van der Waals surface area (Å²) in [6, 6.07) is 0. The van der Waals surface area contributed by atoms with Gasteiger partial charge in [-0.3, -0.25) is 0 Å². The zero-order valence-electron chi connectivity index (χ0n) is 9.70. The first-order chi connectivity index (χ1) is 7.47. The van der Waals surface area contributed by atoms with E-state index in [-0.39, 0.29) is 0 Å². The van der Waals surface area contributed by atoms with Gasteiger partial charge in [-0.05, 0) is 13.8 Å². The third kappa shape index (κ3) is 2.91. The lowest BCUT2D eigenvalue weighted by Gasteiger charge is -2.39. The van der Waals surface area contributed by atoms with Gasteiger partial charge >= 0.3 is 0 Å². The highest BCUT2D eigenvalue weighted by Crippen LogP contribution is 2.23. The molecule has 5 atom stereocenters. The van der Waals surface area contributed by atoms with Gasteiger partial charge in [0.2, 0.25) is 0 Å². The van der Waals surface area contributed by atoms with Crippen molar-refractivity contribution in [3.05, 3.63) is 0 Å². The maximum Gasteiger partial charge on any atom is 0.111 e. The van der Waals surface area contributed by atoms with Gasteiger partial charge < -0.3 is 24.9 Å². The minimum absolute atomic E-state index is 0.350. The standard InChI is InChI=1S/C10H19NO5/c1-5(11-15-3)4-7-9(13)10(14)8(12)6(2)16-7/h6-10,12-14H,4H2,1-3H3/b11-5+/t6-,7-,8-,9-,10+/m0/s1. The molecule has 0 amide bonds. The molecule has 1 rings (SSSR count). The van der Waals surface area contributed by atoms with Crippen LogP contribution in [0.5, 0.6) is 0 Å². The summed E-state index contributed by atoms with van der Waals surface area (Å²) in [7, 11) is 1.43. The molecule has 94 valence electrons. The van der Waals surface area contributed by atoms with Crippen molar-refractivity contribution in [2.75, 3.05) is 7.11 Å². The molecular formula is C10H19NO5. The van der Waals surface area contributed by atoms with Gasteiger partial charge in [-0.2, -0.15) is 0 Å². The van der Waals surface area contributed by atoms with E-state index in [0.29, 0.717) is 12.1 Å². The molecule has 0 unspecified atom stereocenters. The number of hydrogen-bond acceptors (Lipinski definition) is 6. The number of ether oxygens (including phenoxy) is 1. The van der Waals surface area contributed by atoms with Crippen LogP contribution in [0.15, 0.2) is 5.16 Å². The Hall–Kier alpha value is -0.690. The average Bonchev–Trinajstić information content (AvgIpc) is 2.23. The SMILES string of the molecule is CO/N=C(\C)C[C@@H]1O[C@@H](C)[C@H](O)[C@@H](O)[C@H]1O. The van der Waals surface area contributed by atoms with E-state index in [9.17, 15) is 15.3 Å². The van der Waals surface area contributed by atoms with Crippen molar-refractivity contribution < 1.29 is 24.9 Å². The van der Waals surface area contributed by atoms with Crippen LogP contribution in [0.2, 0.25) is 0 Å². The Morgan fingerprint density at radius 1 is 1.25 bits per heavy atom. The van der Waals surface area contributed by atoms with Crippen LogP contribution in [0.3, 0.4) is 0 Å². The van der Waals surface area contributed by atoms with Crippen molar-refractivity contribution in [3.63, 3.8) is 0 Å². The molecule has 0 aromatic carbocycles. The lowest BCUT2D eigenvalue weighted by atomic mass is 9.93. The number of oxime groups is 1. The van der Waals surface area contributed by atoms with Gasteiger partial charge in [0.15, 0.2) is 0 Å². The number of nitrogens with zero attached hydrogens (tertiary/aromatic N) is 1. The molecule has 0 radical (unpaired) electrons. The van der Waals surface area contributed by atoms with Crippen molar-refractivity contribution >= 4 is 5.71 Å². The van der Waals surface area contributed by atoms with Crippen LogP contribution >= 0.6 is 0 Å². The van der Waals surface area contributed by atoms with Crippen molar-refractivity contribution in [1.29, 1.82) is 0 Å². The van der Waals surface area contributed by atoms with Gasteiger partial charge in [-0.15, -0.1) is 0 Å². The van der Waals surface area contributed by atoms with E-state index in [1.807, 2.05) is 0 Å². The van der Waals surface area contributed by atoms with Crippen LogP contribution < -0.4 is 0 Å². The van der Waals surface area contributed by atoms with E-state index in [2.05, 4.69) is 9.99 Å². The molecular weight excluding hydrogens is 214 g/mol. The lowest BCUT2D eigenvalue weighted by Crippen LogP contribution is -2.56. The van der Waals surface area contributed by atoms with E-state index < -0.39 is 30.5 Å². The van der Waals surface area contributed by atoms with Crippen LogP contribution in [0.1, 0.15) is 20.3 Å². The number of hydrogen-bond donors (Lipinski definition) is 3. The zero-order chi connectivity index (χ0) is 12.3. The summed E-state index contributed by atoms with van der Waals surface area (Å²) in [5.74, 6) is 0. The minimum atomic E-state index is -1.19. The Balaban J connectivity index is 2.64. The van der Waals surface area contributed by atoms with Crippen molar-refractivity contribution in [2.24, 2.45) is 5.16 Å². The molecule has 3 N–H and O–H groups in total. The van der Waals surface area contributed by atoms with Gasteiger partial charge in [-0.1, -0.05) is 5.16 Å². The number of aliphatic hydroxyl groups is 3. The summed E-state index contributed by atoms with van der Waals surface area (Å²) in [6.45, 7) is 3.39. The smallest absolute Gasteiger partial charge is 0.111 e. The summed E-state index contributed by atoms with van der Waals surface area (Å²) >= 11 is 0. The largest absolute Gasteiger partial charge is 0.399 e. The summed E-state index contributed by atoms with van der Waals surface area (Å²) in [5.41, 5.74) is 0.655. The summed E-state index contributed by atoms with van der Waals surface area (Å²) in [6.07, 6.45) is -4.11. The first-order valence-corrected chi connectivity index (χ1v) is 5.23. The normalized spacial score (nSPS) is 40.9. The first kappa shape index (κ1) is 13.4. The van der Waals surface area contributed by atoms with Crippen molar-refractivity contribution in [2.45, 2.75) is 50.8 Å². The molecule has 1 fully saturated rings. The minimum Gasteiger partial charge on any atom is -0.399 e. The fourth-order valence-electron chi connectivity index (χ4n) is 1.79. The maximum atomic E-state index is 9.71. The van der Waals surface area contributed by atoms with Crippen LogP contribution in [0, 0.1) is 0 Å². The molecule has 6 heteroatoms. The second-order valence-corrected chi connectivity index (χ2v) is 4.06. The number of aliphatic hydroxyl groups excluding tert-OH is 3. The quantitative estimate of drug-likeness (QED) is 0.441. The second kappa shape index (κ2) is 5.58. The summed E-state index contributed by atoms with van der Waals surface area (Å²) < 4.78 is 5.40. The van der Waals surface area contributed by atoms with Crippen LogP contribution in [0.4, 0.5) is 0 Å². The maximum absolute atomic E-state index is 9.71. The van der Waals surface area contributed by atoms with Crippen molar-refractivity contribution in [1.82, 2.24) is 0 Å². The molecule has 0 aliphatic carbocycles. The molecule has 0 spiro atoms. The molecule has 0 aromatic rings. The van der Waals surface area contributed by atoms with E-state index in [1.54, 1.807) is 13.8 Å². The fraction of sp³-hybridized carbons (Fsp3) is 0.900. The molecule has 6 nitrogen and oxygen atoms in total. The molecule has 1 aliphatic heterocycles. The molecule has 1 aliphatic rings. The van der Waals surface area contributed by atoms with E-state index >= 15 is 0 Å². The monoisotopic (exact) mass is 233 g/mol. The predicted octanol–water partition coefficient (Wildman–Crippen LogP) is -0.731. The molecule has 0 bridgehead atoms. The highest BCUT2D eigenvalue weighted by molar-refractivity contribution is 5.81. The highest BCUT2D eigenvalue weighted by Gasteiger charge is 2.41. The second-order valence-electron chi connectivity index (χ2n) is 4.06. The first-order valence-electron chi connectivity index (χ1n) is 5.23. The van der Waals surface area contributed by atoms with E-state index in [1.165, 1.54) is 7.11 Å². The van der Waals surface area contributed by atoms with E-state index in [4.69, 9.17) is 4.74 Å². The molecule has 0 saturated carbocycles. The average molecular weight is 233 g/mol. The van der Waals surface area contributed by atoms with Gasteiger partial charge in [0.05, 0.1) is 17.9 Å². The molecule has 0 aromatic heterocycles. The third-order valence-corrected chi connectivity index (χ3v) is 2.69. The van der Waals surface area contributed by atoms with Crippen LogP contribution in [-0.2, 0) is 9.57 Å². The fourth-order valence-corrected chi connectivity index (χ4v) is 1.79. The highest BCUT2D eigenvalue weighted by atomic mass is 16.6. The van der Waals surface area contributed by atoms with Crippen LogP contribution in [0.25, 0.3) is 0 Å². The van der Waals surface area contributed by atoms with Gasteiger partial charge in [0.25, 0.3) is 0 Å². The zero-order valence-corrected chi connectivity index (χ0v) is 9.70. The Morgan fingerprint density at radius 3 is 2.44 bits per heavy atom. The van der Waals surface area contributed by atoms with Crippen LogP contribution in [-0.4, -0.2) is 58.7 Å². The van der Waals surface area contributed by atoms with Gasteiger partial charge in [-0.25, -0.2) is 0 Å². The molecule has 16 heavy (non-hydrogen) atoms. The van der Waals surface area contributed by atoms with Gasteiger partial charge in [0.1, 0.15) is 25.4 Å². The van der Waals surface area contributed by atoms with Crippen molar-refractivity contribution in [3.8, 4) is 0 Å². The molecule has 1 heterocycles. The lowest BCUT2D eigenvalue weighted by molar-refractivity contribution is -0.214. The third-order valence-electron chi connectivity index (χ3n) is 2.69. The Kier molecular flexibility index (Phi) is 4.67.